The van der Waals surface area contributed by atoms with Gasteiger partial charge in [0.25, 0.3) is 0 Å². The van der Waals surface area contributed by atoms with Gasteiger partial charge in [-0.3, -0.25) is 9.79 Å². The number of rotatable bonds is 4. The summed E-state index contributed by atoms with van der Waals surface area (Å²) < 4.78 is 6.07. The summed E-state index contributed by atoms with van der Waals surface area (Å²) in [5, 5.41) is 11.3. The molecule has 0 aliphatic carbocycles. The van der Waals surface area contributed by atoms with E-state index in [-0.39, 0.29) is 12.5 Å². The zero-order chi connectivity index (χ0) is 16.9. The molecule has 1 aliphatic heterocycles. The Bertz CT molecular complexity index is 755. The smallest absolute Gasteiger partial charge is 0.327 e. The Morgan fingerprint density at radius 2 is 2.25 bits per heavy atom. The van der Waals surface area contributed by atoms with Crippen molar-refractivity contribution in [1.29, 1.82) is 0 Å². The summed E-state index contributed by atoms with van der Waals surface area (Å²) in [5.41, 5.74) is 3.23. The fraction of sp³-hybridized carbons (Fsp3) is 0.375. The quantitative estimate of drug-likeness (QED) is 0.502. The molecule has 1 aliphatic rings. The number of carbonyl (C=O) groups excluding carboxylic acids is 1. The summed E-state index contributed by atoms with van der Waals surface area (Å²) in [7, 11) is 3.11. The number of carbonyl (C=O) groups is 1. The van der Waals surface area contributed by atoms with Gasteiger partial charge in [-0.2, -0.15) is 0 Å². The minimum atomic E-state index is -0.358. The van der Waals surface area contributed by atoms with E-state index in [9.17, 15) is 4.79 Å². The minimum absolute atomic E-state index is 0.0533. The van der Waals surface area contributed by atoms with Gasteiger partial charge in [-0.25, -0.2) is 4.68 Å². The molecule has 1 aromatic carbocycles. The maximum atomic E-state index is 11.2. The molecule has 1 N–H and O–H groups in total. The number of para-hydroxylation sites is 1. The highest BCUT2D eigenvalue weighted by Gasteiger charge is 2.22. The van der Waals surface area contributed by atoms with Crippen molar-refractivity contribution >= 4 is 17.6 Å². The largest absolute Gasteiger partial charge is 0.468 e. The molecule has 0 atom stereocenters. The third-order valence-electron chi connectivity index (χ3n) is 3.89. The van der Waals surface area contributed by atoms with Crippen molar-refractivity contribution in [2.75, 3.05) is 25.6 Å². The number of aromatic nitrogens is 3. The monoisotopic (exact) mass is 328 g/mol. The van der Waals surface area contributed by atoms with E-state index >= 15 is 0 Å². The fourth-order valence-electron chi connectivity index (χ4n) is 2.72. The molecule has 126 valence electrons. The van der Waals surface area contributed by atoms with Gasteiger partial charge >= 0.3 is 5.97 Å². The molecule has 3 rings (SSSR count). The molecule has 0 unspecified atom stereocenters. The van der Waals surface area contributed by atoms with Crippen LogP contribution in [0.25, 0.3) is 0 Å². The second-order valence-electron chi connectivity index (χ2n) is 5.41. The average Bonchev–Trinajstić information content (AvgIpc) is 3.23. The first-order chi connectivity index (χ1) is 11.7. The van der Waals surface area contributed by atoms with E-state index < -0.39 is 0 Å². The first-order valence-corrected chi connectivity index (χ1v) is 7.73. The molecule has 0 amide bonds. The Balaban J connectivity index is 1.62. The Morgan fingerprint density at radius 3 is 3.04 bits per heavy atom. The van der Waals surface area contributed by atoms with Gasteiger partial charge in [-0.1, -0.05) is 23.4 Å². The van der Waals surface area contributed by atoms with Crippen LogP contribution in [0.15, 0.2) is 35.5 Å². The van der Waals surface area contributed by atoms with Crippen LogP contribution in [0.3, 0.4) is 0 Å². The lowest BCUT2D eigenvalue weighted by molar-refractivity contribution is -0.141. The average molecular weight is 328 g/mol. The van der Waals surface area contributed by atoms with Gasteiger partial charge < -0.3 is 15.0 Å². The van der Waals surface area contributed by atoms with Gasteiger partial charge in [0.15, 0.2) is 5.96 Å². The van der Waals surface area contributed by atoms with Gasteiger partial charge in [0.1, 0.15) is 12.2 Å². The van der Waals surface area contributed by atoms with Crippen LogP contribution in [-0.2, 0) is 29.0 Å². The van der Waals surface area contributed by atoms with E-state index in [1.165, 1.54) is 23.0 Å². The number of fused-ring (bicyclic) bond motifs is 1. The van der Waals surface area contributed by atoms with Gasteiger partial charge in [0.05, 0.1) is 19.9 Å². The zero-order valence-electron chi connectivity index (χ0n) is 13.8. The van der Waals surface area contributed by atoms with Crippen molar-refractivity contribution in [1.82, 2.24) is 20.3 Å². The van der Waals surface area contributed by atoms with E-state index in [2.05, 4.69) is 48.5 Å². The van der Waals surface area contributed by atoms with Crippen LogP contribution in [0.1, 0.15) is 11.3 Å². The highest BCUT2D eigenvalue weighted by Crippen LogP contribution is 2.27. The molecule has 2 heterocycles. The van der Waals surface area contributed by atoms with Crippen LogP contribution in [0.4, 0.5) is 5.69 Å². The molecule has 0 spiro atoms. The lowest BCUT2D eigenvalue weighted by Gasteiger charge is -2.21. The van der Waals surface area contributed by atoms with Crippen molar-refractivity contribution in [3.8, 4) is 0 Å². The van der Waals surface area contributed by atoms with Gasteiger partial charge in [0, 0.05) is 19.3 Å². The SMILES string of the molecule is CN=C(NCc1cn(CC(=O)OC)nn1)N1CCc2ccccc21. The number of nitrogens with zero attached hydrogens (tertiary/aromatic N) is 5. The molecule has 1 aromatic heterocycles. The third kappa shape index (κ3) is 3.37. The summed E-state index contributed by atoms with van der Waals surface area (Å²) in [6.45, 7) is 1.43. The number of hydrogen-bond donors (Lipinski definition) is 1. The second kappa shape index (κ2) is 7.12. The van der Waals surface area contributed by atoms with Gasteiger partial charge in [0.2, 0.25) is 0 Å². The maximum absolute atomic E-state index is 11.2. The number of ether oxygens (including phenoxy) is 1. The van der Waals surface area contributed by atoms with Crippen molar-refractivity contribution in [3.63, 3.8) is 0 Å². The number of nitrogens with one attached hydrogen (secondary N) is 1. The Kier molecular flexibility index (Phi) is 4.74. The van der Waals surface area contributed by atoms with E-state index in [1.54, 1.807) is 13.2 Å². The van der Waals surface area contributed by atoms with Crippen LogP contribution >= 0.6 is 0 Å². The molecule has 0 bridgehead atoms. The molecule has 0 radical (unpaired) electrons. The molecular formula is C16H20N6O2. The highest BCUT2D eigenvalue weighted by molar-refractivity contribution is 5.97. The summed E-state index contributed by atoms with van der Waals surface area (Å²) in [6, 6.07) is 8.32. The lowest BCUT2D eigenvalue weighted by atomic mass is 10.2. The normalized spacial score (nSPS) is 13.8. The fourth-order valence-corrected chi connectivity index (χ4v) is 2.72. The van der Waals surface area contributed by atoms with Gasteiger partial charge in [-0.05, 0) is 18.1 Å². The first-order valence-electron chi connectivity index (χ1n) is 7.73. The van der Waals surface area contributed by atoms with E-state index in [0.29, 0.717) is 6.54 Å². The molecular weight excluding hydrogens is 308 g/mol. The summed E-state index contributed by atoms with van der Waals surface area (Å²) >= 11 is 0. The summed E-state index contributed by atoms with van der Waals surface area (Å²) in [4.78, 5) is 17.8. The minimum Gasteiger partial charge on any atom is -0.468 e. The number of guanidine groups is 1. The number of aliphatic imine (C=N–C) groups is 1. The Hall–Kier alpha value is -2.90. The number of benzene rings is 1. The Labute approximate surface area is 140 Å². The van der Waals surface area contributed by atoms with Crippen molar-refractivity contribution in [2.45, 2.75) is 19.5 Å². The van der Waals surface area contributed by atoms with Crippen LogP contribution in [0, 0.1) is 0 Å². The van der Waals surface area contributed by atoms with E-state index in [4.69, 9.17) is 0 Å². The van der Waals surface area contributed by atoms with E-state index in [0.717, 1.165) is 24.6 Å². The zero-order valence-corrected chi connectivity index (χ0v) is 13.8. The van der Waals surface area contributed by atoms with E-state index in [1.807, 2.05) is 6.07 Å². The summed E-state index contributed by atoms with van der Waals surface area (Å²) in [6.07, 6.45) is 2.72. The third-order valence-corrected chi connectivity index (χ3v) is 3.89. The topological polar surface area (TPSA) is 84.6 Å². The molecule has 24 heavy (non-hydrogen) atoms. The molecule has 0 fully saturated rings. The standard InChI is InChI=1S/C16H20N6O2/c1-17-16(22-8-7-12-5-3-4-6-14(12)22)18-9-13-10-21(20-19-13)11-15(23)24-2/h3-6,10H,7-9,11H2,1-2H3,(H,17,18). The number of methoxy groups -OCH3 is 1. The van der Waals surface area contributed by atoms with Crippen LogP contribution in [-0.4, -0.2) is 47.6 Å². The highest BCUT2D eigenvalue weighted by atomic mass is 16.5. The molecule has 8 heteroatoms. The van der Waals surface area contributed by atoms with Crippen LogP contribution in [0.2, 0.25) is 0 Å². The van der Waals surface area contributed by atoms with Crippen molar-refractivity contribution in [2.24, 2.45) is 4.99 Å². The van der Waals surface area contributed by atoms with Crippen molar-refractivity contribution in [3.05, 3.63) is 41.7 Å². The molecule has 8 nitrogen and oxygen atoms in total. The molecule has 0 saturated carbocycles. The second-order valence-corrected chi connectivity index (χ2v) is 5.41. The molecule has 0 saturated heterocycles. The summed E-state index contributed by atoms with van der Waals surface area (Å²) in [5.74, 6) is 0.436. The number of hydrogen-bond acceptors (Lipinski definition) is 5. The van der Waals surface area contributed by atoms with Crippen LogP contribution < -0.4 is 10.2 Å². The van der Waals surface area contributed by atoms with Crippen molar-refractivity contribution < 1.29 is 9.53 Å². The first kappa shape index (κ1) is 16.0. The predicted octanol–water partition coefficient (Wildman–Crippen LogP) is 0.589. The lowest BCUT2D eigenvalue weighted by Crippen LogP contribution is -2.40. The number of anilines is 1. The maximum Gasteiger partial charge on any atom is 0.327 e. The van der Waals surface area contributed by atoms with Crippen LogP contribution in [0.5, 0.6) is 0 Å². The number of esters is 1. The molecule has 2 aromatic rings. The Morgan fingerprint density at radius 1 is 1.42 bits per heavy atom. The van der Waals surface area contributed by atoms with Gasteiger partial charge in [-0.15, -0.1) is 5.10 Å². The predicted molar refractivity (Wildman–Crippen MR) is 89.7 cm³/mol.